The summed E-state index contributed by atoms with van der Waals surface area (Å²) in [6, 6.07) is 9.14. The number of hydrogen-bond donors (Lipinski definition) is 2. The maximum absolute atomic E-state index is 12.6. The SMILES string of the molecule is Cc1ccc(NC(=O)c2ccc(NCCN3C(=O)C4CC=CCC4C3=O)c([N+](=O)[O-])c2)cc1Cl. The molecule has 0 saturated carbocycles. The summed E-state index contributed by atoms with van der Waals surface area (Å²) < 4.78 is 0. The van der Waals surface area contributed by atoms with Crippen molar-refractivity contribution in [3.8, 4) is 0 Å². The number of imide groups is 1. The number of hydrogen-bond acceptors (Lipinski definition) is 6. The van der Waals surface area contributed by atoms with Gasteiger partial charge in [0.2, 0.25) is 11.8 Å². The Morgan fingerprint density at radius 2 is 1.79 bits per heavy atom. The Hall–Kier alpha value is -3.72. The van der Waals surface area contributed by atoms with Crippen LogP contribution in [0, 0.1) is 28.9 Å². The van der Waals surface area contributed by atoms with Crippen molar-refractivity contribution in [2.24, 2.45) is 11.8 Å². The van der Waals surface area contributed by atoms with Gasteiger partial charge in [-0.2, -0.15) is 0 Å². The summed E-state index contributed by atoms with van der Waals surface area (Å²) in [5, 5.41) is 17.7. The number of nitrogens with one attached hydrogen (secondary N) is 2. The van der Waals surface area contributed by atoms with Crippen LogP contribution in [0.1, 0.15) is 28.8 Å². The molecule has 1 aliphatic carbocycles. The molecule has 10 heteroatoms. The Kier molecular flexibility index (Phi) is 6.65. The van der Waals surface area contributed by atoms with E-state index >= 15 is 0 Å². The fourth-order valence-corrected chi connectivity index (χ4v) is 4.42. The van der Waals surface area contributed by atoms with Crippen LogP contribution in [0.4, 0.5) is 17.1 Å². The molecular weight excluding hydrogens is 460 g/mol. The Morgan fingerprint density at radius 1 is 1.12 bits per heavy atom. The number of nitro groups is 1. The number of likely N-dealkylation sites (tertiary alicyclic amines) is 1. The first kappa shape index (κ1) is 23.4. The predicted octanol–water partition coefficient (Wildman–Crippen LogP) is 4.17. The highest BCUT2D eigenvalue weighted by atomic mass is 35.5. The first-order valence-corrected chi connectivity index (χ1v) is 11.2. The molecule has 3 amide bonds. The standard InChI is InChI=1S/C24H23ClN4O5/c1-14-6-8-16(13-19(14)25)27-22(30)15-7-9-20(21(12-15)29(33)34)26-10-11-28-23(31)17-4-2-3-5-18(17)24(28)32/h2-3,6-9,12-13,17-18,26H,4-5,10-11H2,1H3,(H,27,30). The minimum atomic E-state index is -0.589. The number of aryl methyl sites for hydroxylation is 1. The summed E-state index contributed by atoms with van der Waals surface area (Å²) in [5.41, 5.74) is 1.35. The normalized spacial score (nSPS) is 19.2. The molecule has 34 heavy (non-hydrogen) atoms. The van der Waals surface area contributed by atoms with Gasteiger partial charge < -0.3 is 10.6 Å². The maximum Gasteiger partial charge on any atom is 0.293 e. The molecule has 2 atom stereocenters. The van der Waals surface area contributed by atoms with Crippen molar-refractivity contribution in [2.75, 3.05) is 23.7 Å². The monoisotopic (exact) mass is 482 g/mol. The number of nitro benzene ring substituents is 1. The average Bonchev–Trinajstić information content (AvgIpc) is 3.06. The Balaban J connectivity index is 1.42. The van der Waals surface area contributed by atoms with Crippen molar-refractivity contribution in [2.45, 2.75) is 19.8 Å². The lowest BCUT2D eigenvalue weighted by molar-refractivity contribution is -0.384. The van der Waals surface area contributed by atoms with E-state index < -0.39 is 10.8 Å². The molecule has 4 rings (SSSR count). The number of carbonyl (C=O) groups is 3. The van der Waals surface area contributed by atoms with E-state index in [0.29, 0.717) is 23.6 Å². The lowest BCUT2D eigenvalue weighted by Crippen LogP contribution is -2.35. The Labute approximate surface area is 200 Å². The molecule has 2 aromatic carbocycles. The molecule has 1 fully saturated rings. The van der Waals surface area contributed by atoms with E-state index in [2.05, 4.69) is 10.6 Å². The van der Waals surface area contributed by atoms with E-state index in [1.165, 1.54) is 23.1 Å². The first-order chi connectivity index (χ1) is 16.3. The second-order valence-corrected chi connectivity index (χ2v) is 8.73. The van der Waals surface area contributed by atoms with E-state index in [9.17, 15) is 24.5 Å². The van der Waals surface area contributed by atoms with Gasteiger partial charge in [0.05, 0.1) is 16.8 Å². The number of rotatable bonds is 7. The zero-order valence-corrected chi connectivity index (χ0v) is 19.2. The van der Waals surface area contributed by atoms with Gasteiger partial charge in [0.1, 0.15) is 5.69 Å². The van der Waals surface area contributed by atoms with E-state index in [4.69, 9.17) is 11.6 Å². The van der Waals surface area contributed by atoms with Crippen molar-refractivity contribution in [1.29, 1.82) is 0 Å². The molecule has 2 N–H and O–H groups in total. The molecule has 1 heterocycles. The van der Waals surface area contributed by atoms with Gasteiger partial charge in [0.25, 0.3) is 11.6 Å². The van der Waals surface area contributed by atoms with Crippen molar-refractivity contribution in [3.63, 3.8) is 0 Å². The van der Waals surface area contributed by atoms with Crippen LogP contribution in [0.3, 0.4) is 0 Å². The second kappa shape index (κ2) is 9.64. The topological polar surface area (TPSA) is 122 Å². The third kappa shape index (κ3) is 4.65. The molecule has 0 radical (unpaired) electrons. The van der Waals surface area contributed by atoms with Gasteiger partial charge in [0, 0.05) is 35.4 Å². The van der Waals surface area contributed by atoms with Gasteiger partial charge in [-0.15, -0.1) is 0 Å². The zero-order valence-electron chi connectivity index (χ0n) is 18.4. The molecule has 2 aliphatic rings. The van der Waals surface area contributed by atoms with Crippen LogP contribution in [0.5, 0.6) is 0 Å². The van der Waals surface area contributed by atoms with E-state index in [1.54, 1.807) is 18.2 Å². The highest BCUT2D eigenvalue weighted by Gasteiger charge is 2.46. The van der Waals surface area contributed by atoms with Gasteiger partial charge in [-0.05, 0) is 49.6 Å². The molecular formula is C24H23ClN4O5. The number of fused-ring (bicyclic) bond motifs is 1. The summed E-state index contributed by atoms with van der Waals surface area (Å²) >= 11 is 6.08. The average molecular weight is 483 g/mol. The molecule has 0 bridgehead atoms. The summed E-state index contributed by atoms with van der Waals surface area (Å²) in [5.74, 6) is -1.53. The fraction of sp³-hybridized carbons (Fsp3) is 0.292. The van der Waals surface area contributed by atoms with Crippen LogP contribution in [-0.4, -0.2) is 40.6 Å². The minimum absolute atomic E-state index is 0.107. The third-order valence-electron chi connectivity index (χ3n) is 6.14. The van der Waals surface area contributed by atoms with Crippen LogP contribution < -0.4 is 10.6 Å². The van der Waals surface area contributed by atoms with Crippen molar-refractivity contribution < 1.29 is 19.3 Å². The molecule has 1 aliphatic heterocycles. The summed E-state index contributed by atoms with van der Waals surface area (Å²) in [7, 11) is 0. The maximum atomic E-state index is 12.6. The van der Waals surface area contributed by atoms with Crippen molar-refractivity contribution >= 4 is 46.4 Å². The highest BCUT2D eigenvalue weighted by Crippen LogP contribution is 2.35. The van der Waals surface area contributed by atoms with E-state index in [1.807, 2.05) is 19.1 Å². The summed E-state index contributed by atoms with van der Waals surface area (Å²) in [6.07, 6.45) is 4.96. The van der Waals surface area contributed by atoms with Gasteiger partial charge in [0.15, 0.2) is 0 Å². The van der Waals surface area contributed by atoms with Crippen LogP contribution in [0.2, 0.25) is 5.02 Å². The van der Waals surface area contributed by atoms with Crippen molar-refractivity contribution in [3.05, 3.63) is 74.8 Å². The number of anilines is 2. The van der Waals surface area contributed by atoms with Crippen LogP contribution >= 0.6 is 11.6 Å². The summed E-state index contributed by atoms with van der Waals surface area (Å²) in [4.78, 5) is 50.0. The molecule has 176 valence electrons. The fourth-order valence-electron chi connectivity index (χ4n) is 4.24. The third-order valence-corrected chi connectivity index (χ3v) is 6.54. The molecule has 1 saturated heterocycles. The molecule has 2 unspecified atom stereocenters. The number of benzene rings is 2. The van der Waals surface area contributed by atoms with Crippen LogP contribution in [0.15, 0.2) is 48.6 Å². The molecule has 2 aromatic rings. The Bertz CT molecular complexity index is 1190. The van der Waals surface area contributed by atoms with Crippen molar-refractivity contribution in [1.82, 2.24) is 4.90 Å². The second-order valence-electron chi connectivity index (χ2n) is 8.32. The van der Waals surface area contributed by atoms with E-state index in [-0.39, 0.29) is 53.7 Å². The largest absolute Gasteiger partial charge is 0.378 e. The lowest BCUT2D eigenvalue weighted by Gasteiger charge is -2.16. The smallest absolute Gasteiger partial charge is 0.293 e. The lowest BCUT2D eigenvalue weighted by atomic mass is 9.85. The zero-order chi connectivity index (χ0) is 24.4. The number of nitrogens with zero attached hydrogens (tertiary/aromatic N) is 2. The van der Waals surface area contributed by atoms with E-state index in [0.717, 1.165) is 5.56 Å². The number of amides is 3. The van der Waals surface area contributed by atoms with Crippen LogP contribution in [0.25, 0.3) is 0 Å². The number of halogens is 1. The minimum Gasteiger partial charge on any atom is -0.378 e. The van der Waals surface area contributed by atoms with Gasteiger partial charge in [-0.3, -0.25) is 29.4 Å². The van der Waals surface area contributed by atoms with Gasteiger partial charge >= 0.3 is 0 Å². The number of allylic oxidation sites excluding steroid dienone is 2. The van der Waals surface area contributed by atoms with Crippen LogP contribution in [-0.2, 0) is 9.59 Å². The first-order valence-electron chi connectivity index (χ1n) is 10.9. The van der Waals surface area contributed by atoms with Gasteiger partial charge in [-0.25, -0.2) is 0 Å². The summed E-state index contributed by atoms with van der Waals surface area (Å²) in [6.45, 7) is 2.10. The Morgan fingerprint density at radius 3 is 2.41 bits per heavy atom. The molecule has 9 nitrogen and oxygen atoms in total. The molecule has 0 aromatic heterocycles. The molecule has 0 spiro atoms. The quantitative estimate of drug-likeness (QED) is 0.264. The number of carbonyl (C=O) groups excluding carboxylic acids is 3. The van der Waals surface area contributed by atoms with Gasteiger partial charge in [-0.1, -0.05) is 29.8 Å². The highest BCUT2D eigenvalue weighted by molar-refractivity contribution is 6.31. The predicted molar refractivity (Wildman–Crippen MR) is 128 cm³/mol.